The van der Waals surface area contributed by atoms with Gasteiger partial charge < -0.3 is 9.09 Å². The first-order valence-electron chi connectivity index (χ1n) is 7.86. The van der Waals surface area contributed by atoms with E-state index in [1.165, 1.54) is 5.52 Å². The summed E-state index contributed by atoms with van der Waals surface area (Å²) >= 11 is 0. The highest BCUT2D eigenvalue weighted by molar-refractivity contribution is 7.09. The van der Waals surface area contributed by atoms with Gasteiger partial charge in [-0.05, 0) is 12.5 Å². The Morgan fingerprint density at radius 3 is 2.77 bits per heavy atom. The summed E-state index contributed by atoms with van der Waals surface area (Å²) in [5.74, 6) is 1.11. The highest BCUT2D eigenvalue weighted by Crippen LogP contribution is 2.30. The summed E-state index contributed by atoms with van der Waals surface area (Å²) in [7, 11) is 2.37. The summed E-state index contributed by atoms with van der Waals surface area (Å²) in [6, 6.07) is 8.57. The largest absolute Gasteiger partial charge is 0.364 e. The van der Waals surface area contributed by atoms with E-state index in [0.717, 1.165) is 41.5 Å². The van der Waals surface area contributed by atoms with E-state index >= 15 is 0 Å². The van der Waals surface area contributed by atoms with E-state index in [1.807, 2.05) is 12.3 Å². The van der Waals surface area contributed by atoms with E-state index in [0.29, 0.717) is 12.6 Å². The standard InChI is InChI=1S/C17H22N3OP/c1-3-7-12(11-21-22)20-16(4-2)19-15-10-18-14-9-6-5-8-13(14)17(15)20/h5-6,8-10,12H,3-4,7,11,22H2,1-2H3/t12-/m0/s1. The first kappa shape index (κ1) is 15.4. The summed E-state index contributed by atoms with van der Waals surface area (Å²) in [5, 5.41) is 1.16. The summed E-state index contributed by atoms with van der Waals surface area (Å²) in [5.41, 5.74) is 3.17. The first-order valence-corrected chi connectivity index (χ1v) is 8.33. The number of rotatable bonds is 6. The number of imidazole rings is 1. The third-order valence-electron chi connectivity index (χ3n) is 4.09. The minimum atomic E-state index is 0.299. The molecule has 0 aliphatic carbocycles. The molecule has 0 saturated carbocycles. The SMILES string of the molecule is CCC[C@@H](COP)n1c(CC)nc2cnc3ccccc3c21. The van der Waals surface area contributed by atoms with Gasteiger partial charge in [0, 0.05) is 21.3 Å². The smallest absolute Gasteiger partial charge is 0.110 e. The van der Waals surface area contributed by atoms with Crippen molar-refractivity contribution in [3.63, 3.8) is 0 Å². The highest BCUT2D eigenvalue weighted by atomic mass is 31.0. The number of para-hydroxylation sites is 1. The lowest BCUT2D eigenvalue weighted by molar-refractivity contribution is 0.273. The zero-order chi connectivity index (χ0) is 15.5. The predicted octanol–water partition coefficient (Wildman–Crippen LogP) is 4.29. The molecule has 4 nitrogen and oxygen atoms in total. The number of fused-ring (bicyclic) bond motifs is 3. The third-order valence-corrected chi connectivity index (χ3v) is 4.28. The Balaban J connectivity index is 2.31. The Morgan fingerprint density at radius 2 is 2.05 bits per heavy atom. The van der Waals surface area contributed by atoms with Gasteiger partial charge in [0.25, 0.3) is 0 Å². The fraction of sp³-hybridized carbons (Fsp3) is 0.412. The van der Waals surface area contributed by atoms with Crippen molar-refractivity contribution in [1.82, 2.24) is 14.5 Å². The van der Waals surface area contributed by atoms with Crippen LogP contribution in [0.25, 0.3) is 21.9 Å². The summed E-state index contributed by atoms with van der Waals surface area (Å²) in [4.78, 5) is 9.34. The van der Waals surface area contributed by atoms with E-state index in [9.17, 15) is 0 Å². The van der Waals surface area contributed by atoms with Crippen LogP contribution in [0.5, 0.6) is 0 Å². The van der Waals surface area contributed by atoms with Gasteiger partial charge in [0.05, 0.1) is 29.9 Å². The second-order valence-electron chi connectivity index (χ2n) is 5.54. The van der Waals surface area contributed by atoms with Crippen LogP contribution in [0.3, 0.4) is 0 Å². The molecule has 5 heteroatoms. The van der Waals surface area contributed by atoms with Crippen LogP contribution in [0, 0.1) is 0 Å². The van der Waals surface area contributed by atoms with Crippen LogP contribution >= 0.6 is 9.47 Å². The summed E-state index contributed by atoms with van der Waals surface area (Å²) < 4.78 is 7.76. The maximum atomic E-state index is 5.39. The summed E-state index contributed by atoms with van der Waals surface area (Å²) in [6.07, 6.45) is 4.98. The van der Waals surface area contributed by atoms with Gasteiger partial charge in [-0.2, -0.15) is 0 Å². The topological polar surface area (TPSA) is 39.9 Å². The Kier molecular flexibility index (Phi) is 4.70. The van der Waals surface area contributed by atoms with Gasteiger partial charge in [0.15, 0.2) is 0 Å². The van der Waals surface area contributed by atoms with Gasteiger partial charge in [-0.3, -0.25) is 4.98 Å². The average molecular weight is 315 g/mol. The molecule has 0 spiro atoms. The van der Waals surface area contributed by atoms with Crippen molar-refractivity contribution in [2.75, 3.05) is 6.61 Å². The van der Waals surface area contributed by atoms with Gasteiger partial charge in [-0.25, -0.2) is 4.98 Å². The molecule has 22 heavy (non-hydrogen) atoms. The Bertz CT molecular complexity index is 778. The fourth-order valence-corrected chi connectivity index (χ4v) is 3.37. The second-order valence-corrected chi connectivity index (χ2v) is 5.87. The minimum absolute atomic E-state index is 0.299. The molecular formula is C17H22N3OP. The number of aromatic nitrogens is 3. The maximum absolute atomic E-state index is 5.39. The second kappa shape index (κ2) is 6.72. The number of benzene rings is 1. The molecule has 2 aromatic heterocycles. The van der Waals surface area contributed by atoms with Crippen molar-refractivity contribution < 1.29 is 4.52 Å². The number of hydrogen-bond donors (Lipinski definition) is 0. The molecule has 1 unspecified atom stereocenters. The van der Waals surface area contributed by atoms with E-state index in [2.05, 4.69) is 51.1 Å². The summed E-state index contributed by atoms with van der Waals surface area (Å²) in [6.45, 7) is 5.03. The molecule has 2 atom stereocenters. The van der Waals surface area contributed by atoms with E-state index in [1.54, 1.807) is 0 Å². The molecule has 0 N–H and O–H groups in total. The molecule has 0 fully saturated rings. The average Bonchev–Trinajstić information content (AvgIpc) is 2.93. The Hall–Kier alpha value is -1.51. The van der Waals surface area contributed by atoms with Crippen LogP contribution < -0.4 is 0 Å². The van der Waals surface area contributed by atoms with Crippen molar-refractivity contribution in [3.8, 4) is 0 Å². The van der Waals surface area contributed by atoms with Crippen LogP contribution in [0.15, 0.2) is 30.5 Å². The lowest BCUT2D eigenvalue weighted by Crippen LogP contribution is -2.16. The van der Waals surface area contributed by atoms with E-state index < -0.39 is 0 Å². The van der Waals surface area contributed by atoms with Gasteiger partial charge in [0.1, 0.15) is 11.3 Å². The van der Waals surface area contributed by atoms with Crippen LogP contribution in [0.4, 0.5) is 0 Å². The molecule has 0 bridgehead atoms. The normalized spacial score (nSPS) is 13.0. The van der Waals surface area contributed by atoms with Gasteiger partial charge in [-0.1, -0.05) is 38.5 Å². The van der Waals surface area contributed by atoms with Crippen molar-refractivity contribution >= 4 is 31.4 Å². The number of hydrogen-bond acceptors (Lipinski definition) is 3. The van der Waals surface area contributed by atoms with Crippen LogP contribution in [-0.2, 0) is 10.9 Å². The molecule has 0 aliphatic heterocycles. The van der Waals surface area contributed by atoms with Crippen LogP contribution in [0.2, 0.25) is 0 Å². The lowest BCUT2D eigenvalue weighted by Gasteiger charge is -2.21. The van der Waals surface area contributed by atoms with E-state index in [4.69, 9.17) is 9.51 Å². The first-order chi connectivity index (χ1) is 10.8. The molecule has 3 aromatic rings. The monoisotopic (exact) mass is 315 g/mol. The van der Waals surface area contributed by atoms with Crippen LogP contribution in [-0.4, -0.2) is 21.1 Å². The van der Waals surface area contributed by atoms with Gasteiger partial charge in [0.2, 0.25) is 0 Å². The quantitative estimate of drug-likeness (QED) is 0.637. The van der Waals surface area contributed by atoms with E-state index in [-0.39, 0.29) is 0 Å². The Labute approximate surface area is 133 Å². The van der Waals surface area contributed by atoms with Gasteiger partial charge >= 0.3 is 0 Å². The van der Waals surface area contributed by atoms with Crippen LogP contribution in [0.1, 0.15) is 38.6 Å². The molecular weight excluding hydrogens is 293 g/mol. The number of aryl methyl sites for hydroxylation is 1. The molecule has 0 saturated heterocycles. The molecule has 116 valence electrons. The van der Waals surface area contributed by atoms with Crippen molar-refractivity contribution in [1.29, 1.82) is 0 Å². The maximum Gasteiger partial charge on any atom is 0.110 e. The van der Waals surface area contributed by atoms with Crippen molar-refractivity contribution in [3.05, 3.63) is 36.3 Å². The Morgan fingerprint density at radius 1 is 1.23 bits per heavy atom. The van der Waals surface area contributed by atoms with Crippen molar-refractivity contribution in [2.24, 2.45) is 0 Å². The minimum Gasteiger partial charge on any atom is -0.364 e. The molecule has 1 aromatic carbocycles. The molecule has 0 radical (unpaired) electrons. The molecule has 3 rings (SSSR count). The predicted molar refractivity (Wildman–Crippen MR) is 94.0 cm³/mol. The lowest BCUT2D eigenvalue weighted by atomic mass is 10.1. The molecule has 0 aliphatic rings. The number of pyridine rings is 1. The van der Waals surface area contributed by atoms with Crippen molar-refractivity contribution in [2.45, 2.75) is 39.2 Å². The van der Waals surface area contributed by atoms with Gasteiger partial charge in [-0.15, -0.1) is 0 Å². The zero-order valence-corrected chi connectivity index (χ0v) is 14.3. The fourth-order valence-electron chi connectivity index (χ4n) is 3.15. The molecule has 2 heterocycles. The number of nitrogens with zero attached hydrogens (tertiary/aromatic N) is 3. The highest BCUT2D eigenvalue weighted by Gasteiger charge is 2.19. The zero-order valence-electron chi connectivity index (χ0n) is 13.1. The molecule has 0 amide bonds. The third kappa shape index (κ3) is 2.62.